The summed E-state index contributed by atoms with van der Waals surface area (Å²) in [6, 6.07) is 5.46. The van der Waals surface area contributed by atoms with Crippen LogP contribution in [0.5, 0.6) is 0 Å². The monoisotopic (exact) mass is 329 g/mol. The van der Waals surface area contributed by atoms with Gasteiger partial charge in [-0.1, -0.05) is 5.21 Å². The largest absolute Gasteiger partial charge is 0.368 e. The Kier molecular flexibility index (Phi) is 3.70. The molecule has 0 radical (unpaired) electrons. The molecule has 3 heterocycles. The number of carbonyl (C=O) groups is 1. The highest BCUT2D eigenvalue weighted by atomic mass is 19.1. The number of aryl methyl sites for hydroxylation is 1. The van der Waals surface area contributed by atoms with Crippen LogP contribution in [-0.4, -0.2) is 51.5 Å². The molecule has 0 aliphatic carbocycles. The summed E-state index contributed by atoms with van der Waals surface area (Å²) in [5.41, 5.74) is 2.64. The molecule has 1 aromatic heterocycles. The van der Waals surface area contributed by atoms with E-state index in [1.54, 1.807) is 24.0 Å². The van der Waals surface area contributed by atoms with E-state index in [0.29, 0.717) is 24.8 Å². The Bertz CT molecular complexity index is 766. The summed E-state index contributed by atoms with van der Waals surface area (Å²) in [7, 11) is 1.75. The molecule has 24 heavy (non-hydrogen) atoms. The van der Waals surface area contributed by atoms with Gasteiger partial charge in [0.1, 0.15) is 5.82 Å². The van der Waals surface area contributed by atoms with Gasteiger partial charge in [0.05, 0.1) is 6.20 Å². The van der Waals surface area contributed by atoms with Crippen molar-refractivity contribution < 1.29 is 9.18 Å². The number of carbonyl (C=O) groups excluding carboxylic acids is 1. The number of hydrogen-bond acceptors (Lipinski definition) is 4. The molecule has 0 saturated carbocycles. The average Bonchev–Trinajstić information content (AvgIpc) is 3.20. The van der Waals surface area contributed by atoms with Gasteiger partial charge in [-0.25, -0.2) is 4.39 Å². The molecule has 0 spiro atoms. The van der Waals surface area contributed by atoms with Crippen molar-refractivity contribution in [3.8, 4) is 0 Å². The van der Waals surface area contributed by atoms with E-state index in [1.807, 2.05) is 11.0 Å². The number of fused-ring (bicyclic) bond motifs is 1. The predicted octanol–water partition coefficient (Wildman–Crippen LogP) is 1.62. The van der Waals surface area contributed by atoms with Crippen molar-refractivity contribution in [1.82, 2.24) is 19.9 Å². The minimum Gasteiger partial charge on any atom is -0.368 e. The molecule has 1 fully saturated rings. The highest BCUT2D eigenvalue weighted by molar-refractivity contribution is 5.92. The SMILES string of the molecule is Cn1cc(C(=O)N2CCC(N3CCc4cc(F)ccc43)CC2)nn1. The number of nitrogens with zero attached hydrogens (tertiary/aromatic N) is 5. The summed E-state index contributed by atoms with van der Waals surface area (Å²) in [4.78, 5) is 16.7. The maximum atomic E-state index is 13.4. The predicted molar refractivity (Wildman–Crippen MR) is 87.4 cm³/mol. The average molecular weight is 329 g/mol. The lowest BCUT2D eigenvalue weighted by molar-refractivity contribution is 0.0706. The zero-order valence-electron chi connectivity index (χ0n) is 13.7. The molecule has 1 amide bonds. The third kappa shape index (κ3) is 2.64. The standard InChI is InChI=1S/C17H20FN5O/c1-21-11-15(19-20-21)17(24)22-7-5-14(6-8-22)23-9-4-12-10-13(18)2-3-16(12)23/h2-3,10-11,14H,4-9H2,1H3. The summed E-state index contributed by atoms with van der Waals surface area (Å²) < 4.78 is 14.9. The summed E-state index contributed by atoms with van der Waals surface area (Å²) in [5.74, 6) is -0.217. The Hall–Kier alpha value is -2.44. The minimum atomic E-state index is -0.167. The summed E-state index contributed by atoms with van der Waals surface area (Å²) >= 11 is 0. The van der Waals surface area contributed by atoms with Gasteiger partial charge in [-0.05, 0) is 43.0 Å². The molecule has 0 unspecified atom stereocenters. The minimum absolute atomic E-state index is 0.0505. The van der Waals surface area contributed by atoms with Gasteiger partial charge in [0.25, 0.3) is 5.91 Å². The molecule has 126 valence electrons. The number of aromatic nitrogens is 3. The first-order valence-electron chi connectivity index (χ1n) is 8.32. The molecule has 2 aliphatic heterocycles. The van der Waals surface area contributed by atoms with Crippen molar-refractivity contribution in [3.05, 3.63) is 41.5 Å². The lowest BCUT2D eigenvalue weighted by Gasteiger charge is -2.37. The van der Waals surface area contributed by atoms with Crippen LogP contribution >= 0.6 is 0 Å². The zero-order valence-corrected chi connectivity index (χ0v) is 13.7. The Morgan fingerprint density at radius 3 is 2.75 bits per heavy atom. The lowest BCUT2D eigenvalue weighted by atomic mass is 10.0. The molecule has 0 bridgehead atoms. The molecule has 2 aliphatic rings. The van der Waals surface area contributed by atoms with E-state index < -0.39 is 0 Å². The van der Waals surface area contributed by atoms with Crippen LogP contribution in [0.4, 0.5) is 10.1 Å². The van der Waals surface area contributed by atoms with Crippen LogP contribution in [0.1, 0.15) is 28.9 Å². The van der Waals surface area contributed by atoms with Gasteiger partial charge >= 0.3 is 0 Å². The number of amides is 1. The fourth-order valence-electron chi connectivity index (χ4n) is 3.76. The molecule has 2 aromatic rings. The Morgan fingerprint density at radius 2 is 2.04 bits per heavy atom. The fraction of sp³-hybridized carbons (Fsp3) is 0.471. The van der Waals surface area contributed by atoms with Crippen LogP contribution in [-0.2, 0) is 13.5 Å². The molecule has 6 nitrogen and oxygen atoms in total. The first-order chi connectivity index (χ1) is 11.6. The topological polar surface area (TPSA) is 54.3 Å². The Labute approximate surface area is 139 Å². The first kappa shape index (κ1) is 15.1. The van der Waals surface area contributed by atoms with Crippen LogP contribution in [0.2, 0.25) is 0 Å². The third-order valence-electron chi connectivity index (χ3n) is 4.99. The first-order valence-corrected chi connectivity index (χ1v) is 8.32. The summed E-state index contributed by atoms with van der Waals surface area (Å²) in [5, 5.41) is 7.72. The van der Waals surface area contributed by atoms with Gasteiger partial charge < -0.3 is 9.80 Å². The maximum Gasteiger partial charge on any atom is 0.276 e. The number of piperidine rings is 1. The van der Waals surface area contributed by atoms with Crippen LogP contribution < -0.4 is 4.90 Å². The van der Waals surface area contributed by atoms with Crippen molar-refractivity contribution in [2.45, 2.75) is 25.3 Å². The van der Waals surface area contributed by atoms with E-state index in [-0.39, 0.29) is 11.7 Å². The second-order valence-electron chi connectivity index (χ2n) is 6.52. The molecular formula is C17H20FN5O. The number of benzene rings is 1. The van der Waals surface area contributed by atoms with Crippen molar-refractivity contribution in [1.29, 1.82) is 0 Å². The highest BCUT2D eigenvalue weighted by Crippen LogP contribution is 2.33. The van der Waals surface area contributed by atoms with Gasteiger partial charge in [0, 0.05) is 38.4 Å². The van der Waals surface area contributed by atoms with Crippen molar-refractivity contribution in [3.63, 3.8) is 0 Å². The van der Waals surface area contributed by atoms with Crippen molar-refractivity contribution in [2.24, 2.45) is 7.05 Å². The number of anilines is 1. The lowest BCUT2D eigenvalue weighted by Crippen LogP contribution is -2.46. The van der Waals surface area contributed by atoms with E-state index in [2.05, 4.69) is 15.2 Å². The molecule has 1 saturated heterocycles. The third-order valence-corrected chi connectivity index (χ3v) is 4.99. The van der Waals surface area contributed by atoms with Gasteiger partial charge in [0.2, 0.25) is 0 Å². The van der Waals surface area contributed by atoms with Crippen LogP contribution in [0.3, 0.4) is 0 Å². The van der Waals surface area contributed by atoms with Crippen LogP contribution in [0.15, 0.2) is 24.4 Å². The molecule has 0 atom stereocenters. The molecule has 0 N–H and O–H groups in total. The van der Waals surface area contributed by atoms with Crippen LogP contribution in [0, 0.1) is 5.82 Å². The molecule has 1 aromatic carbocycles. The maximum absolute atomic E-state index is 13.4. The normalized spacial score (nSPS) is 18.1. The van der Waals surface area contributed by atoms with E-state index in [4.69, 9.17) is 0 Å². The smallest absolute Gasteiger partial charge is 0.276 e. The van der Waals surface area contributed by atoms with Crippen LogP contribution in [0.25, 0.3) is 0 Å². The summed E-state index contributed by atoms with van der Waals surface area (Å²) in [6.07, 6.45) is 4.39. The van der Waals surface area contributed by atoms with E-state index in [0.717, 1.165) is 37.1 Å². The number of hydrogen-bond donors (Lipinski definition) is 0. The van der Waals surface area contributed by atoms with E-state index in [9.17, 15) is 9.18 Å². The van der Waals surface area contributed by atoms with Gasteiger partial charge in [-0.3, -0.25) is 9.48 Å². The summed E-state index contributed by atoms with van der Waals surface area (Å²) in [6.45, 7) is 2.36. The quantitative estimate of drug-likeness (QED) is 0.840. The second kappa shape index (κ2) is 5.89. The van der Waals surface area contributed by atoms with Crippen molar-refractivity contribution in [2.75, 3.05) is 24.5 Å². The van der Waals surface area contributed by atoms with Gasteiger partial charge in [-0.15, -0.1) is 5.10 Å². The zero-order chi connectivity index (χ0) is 16.7. The highest BCUT2D eigenvalue weighted by Gasteiger charge is 2.31. The fourth-order valence-corrected chi connectivity index (χ4v) is 3.76. The van der Waals surface area contributed by atoms with Gasteiger partial charge in [0.15, 0.2) is 5.69 Å². The molecule has 7 heteroatoms. The van der Waals surface area contributed by atoms with Gasteiger partial charge in [-0.2, -0.15) is 0 Å². The Morgan fingerprint density at radius 1 is 1.25 bits per heavy atom. The second-order valence-corrected chi connectivity index (χ2v) is 6.52. The Balaban J connectivity index is 1.41. The van der Waals surface area contributed by atoms with E-state index >= 15 is 0 Å². The van der Waals surface area contributed by atoms with Crippen molar-refractivity contribution >= 4 is 11.6 Å². The number of rotatable bonds is 2. The molecular weight excluding hydrogens is 309 g/mol. The van der Waals surface area contributed by atoms with E-state index in [1.165, 1.54) is 6.07 Å². The number of halogens is 1. The number of likely N-dealkylation sites (tertiary alicyclic amines) is 1. The molecule has 4 rings (SSSR count).